The third-order valence-electron chi connectivity index (χ3n) is 4.50. The summed E-state index contributed by atoms with van der Waals surface area (Å²) in [6, 6.07) is 15.1. The van der Waals surface area contributed by atoms with E-state index in [2.05, 4.69) is 27.1 Å². The molecule has 1 N–H and O–H groups in total. The second-order valence-corrected chi connectivity index (χ2v) is 6.30. The van der Waals surface area contributed by atoms with E-state index in [0.29, 0.717) is 11.3 Å². The molecule has 0 bridgehead atoms. The monoisotopic (exact) mass is 367 g/mol. The van der Waals surface area contributed by atoms with E-state index in [1.165, 1.54) is 25.3 Å². The van der Waals surface area contributed by atoms with Crippen molar-refractivity contribution in [3.63, 3.8) is 0 Å². The Morgan fingerprint density at radius 2 is 2.07 bits per heavy atom. The number of rotatable bonds is 6. The number of anilines is 2. The van der Waals surface area contributed by atoms with Crippen LogP contribution in [0.2, 0.25) is 0 Å². The summed E-state index contributed by atoms with van der Waals surface area (Å²) < 4.78 is 4.53. The van der Waals surface area contributed by atoms with Crippen LogP contribution in [-0.4, -0.2) is 37.1 Å². The minimum absolute atomic E-state index is 0.0137. The lowest BCUT2D eigenvalue weighted by atomic mass is 10.1. The normalized spacial score (nSPS) is 16.5. The van der Waals surface area contributed by atoms with Crippen LogP contribution in [0.1, 0.15) is 12.0 Å². The van der Waals surface area contributed by atoms with Crippen molar-refractivity contribution < 1.29 is 14.5 Å². The Kier molecular flexibility index (Phi) is 5.71. The highest BCUT2D eigenvalue weighted by atomic mass is 16.6. The Balaban J connectivity index is 1.72. The van der Waals surface area contributed by atoms with E-state index in [4.69, 9.17) is 0 Å². The Hall–Kier alpha value is -3.35. The number of carbonyl (C=O) groups excluding carboxylic acids is 1. The van der Waals surface area contributed by atoms with Gasteiger partial charge in [0.05, 0.1) is 12.0 Å². The molecule has 1 atom stereocenters. The van der Waals surface area contributed by atoms with Crippen LogP contribution in [0, 0.1) is 10.1 Å². The molecule has 2 aromatic rings. The third-order valence-corrected chi connectivity index (χ3v) is 4.50. The van der Waals surface area contributed by atoms with Crippen molar-refractivity contribution >= 4 is 29.1 Å². The molecule has 1 aliphatic heterocycles. The zero-order valence-corrected chi connectivity index (χ0v) is 15.0. The summed E-state index contributed by atoms with van der Waals surface area (Å²) in [5, 5.41) is 14.8. The predicted octanol–water partition coefficient (Wildman–Crippen LogP) is 3.47. The number of nitrogens with zero attached hydrogens (tertiary/aromatic N) is 2. The fourth-order valence-corrected chi connectivity index (χ4v) is 3.13. The number of hydrogen-bond acceptors (Lipinski definition) is 6. The van der Waals surface area contributed by atoms with Gasteiger partial charge in [-0.1, -0.05) is 24.3 Å². The van der Waals surface area contributed by atoms with Crippen molar-refractivity contribution in [2.75, 3.05) is 30.4 Å². The first-order valence-electron chi connectivity index (χ1n) is 8.68. The molecular weight excluding hydrogens is 346 g/mol. The van der Waals surface area contributed by atoms with E-state index >= 15 is 0 Å². The SMILES string of the molecule is COC(=O)/C=C/c1ccc(NC2CCN(c3ccccc3)C2)c([N+](=O)[O-])c1. The van der Waals surface area contributed by atoms with E-state index in [1.807, 2.05) is 18.2 Å². The molecule has 27 heavy (non-hydrogen) atoms. The molecule has 0 amide bonds. The minimum Gasteiger partial charge on any atom is -0.466 e. The number of methoxy groups -OCH3 is 1. The lowest BCUT2D eigenvalue weighted by Gasteiger charge is -2.19. The molecule has 0 aromatic heterocycles. The number of esters is 1. The first kappa shape index (κ1) is 18.4. The van der Waals surface area contributed by atoms with E-state index in [1.54, 1.807) is 12.1 Å². The number of hydrogen-bond donors (Lipinski definition) is 1. The number of ether oxygens (including phenoxy) is 1. The summed E-state index contributed by atoms with van der Waals surface area (Å²) in [4.78, 5) is 24.5. The molecular formula is C20H21N3O4. The van der Waals surface area contributed by atoms with Crippen molar-refractivity contribution in [1.29, 1.82) is 0 Å². The van der Waals surface area contributed by atoms with Crippen LogP contribution in [0.25, 0.3) is 6.08 Å². The van der Waals surface area contributed by atoms with Gasteiger partial charge in [-0.25, -0.2) is 4.79 Å². The fraction of sp³-hybridized carbons (Fsp3) is 0.250. The molecule has 2 aromatic carbocycles. The van der Waals surface area contributed by atoms with Gasteiger partial charge in [0.2, 0.25) is 0 Å². The van der Waals surface area contributed by atoms with Crippen molar-refractivity contribution in [2.45, 2.75) is 12.5 Å². The van der Waals surface area contributed by atoms with E-state index in [0.717, 1.165) is 25.2 Å². The largest absolute Gasteiger partial charge is 0.466 e. The summed E-state index contributed by atoms with van der Waals surface area (Å²) >= 11 is 0. The second kappa shape index (κ2) is 8.35. The molecule has 1 heterocycles. The standard InChI is InChI=1S/C20H21N3O4/c1-27-20(24)10-8-15-7-9-18(19(13-15)23(25)26)21-16-11-12-22(14-16)17-5-3-2-4-6-17/h2-10,13,16,21H,11-12,14H2,1H3/b10-8+. The summed E-state index contributed by atoms with van der Waals surface area (Å²) in [5.74, 6) is -0.508. The van der Waals surface area contributed by atoms with Gasteiger partial charge < -0.3 is 15.0 Å². The molecule has 0 saturated carbocycles. The number of carbonyl (C=O) groups is 1. The fourth-order valence-electron chi connectivity index (χ4n) is 3.13. The molecule has 0 aliphatic carbocycles. The quantitative estimate of drug-likeness (QED) is 0.364. The lowest BCUT2D eigenvalue weighted by molar-refractivity contribution is -0.384. The van der Waals surface area contributed by atoms with Crippen LogP contribution in [0.15, 0.2) is 54.6 Å². The van der Waals surface area contributed by atoms with Crippen molar-refractivity contribution in [3.8, 4) is 0 Å². The van der Waals surface area contributed by atoms with Crippen molar-refractivity contribution in [3.05, 3.63) is 70.3 Å². The van der Waals surface area contributed by atoms with Gasteiger partial charge in [-0.05, 0) is 36.3 Å². The summed E-state index contributed by atoms with van der Waals surface area (Å²) in [5.41, 5.74) is 2.19. The van der Waals surface area contributed by atoms with Gasteiger partial charge in [0.1, 0.15) is 5.69 Å². The van der Waals surface area contributed by atoms with Gasteiger partial charge in [-0.3, -0.25) is 10.1 Å². The highest BCUT2D eigenvalue weighted by Crippen LogP contribution is 2.29. The molecule has 1 aliphatic rings. The van der Waals surface area contributed by atoms with Gasteiger partial charge >= 0.3 is 5.97 Å². The first-order valence-corrected chi connectivity index (χ1v) is 8.68. The summed E-state index contributed by atoms with van der Waals surface area (Å²) in [6.45, 7) is 1.68. The Morgan fingerprint density at radius 1 is 1.30 bits per heavy atom. The highest BCUT2D eigenvalue weighted by molar-refractivity contribution is 5.87. The number of benzene rings is 2. The first-order chi connectivity index (χ1) is 13.1. The molecule has 140 valence electrons. The van der Waals surface area contributed by atoms with E-state index in [9.17, 15) is 14.9 Å². The zero-order chi connectivity index (χ0) is 19.2. The Morgan fingerprint density at radius 3 is 2.78 bits per heavy atom. The zero-order valence-electron chi connectivity index (χ0n) is 15.0. The Labute approximate surface area is 157 Å². The maximum absolute atomic E-state index is 11.5. The third kappa shape index (κ3) is 4.63. The number of nitrogens with one attached hydrogen (secondary N) is 1. The average molecular weight is 367 g/mol. The van der Waals surface area contributed by atoms with E-state index in [-0.39, 0.29) is 11.7 Å². The second-order valence-electron chi connectivity index (χ2n) is 6.30. The maximum atomic E-state index is 11.5. The molecule has 7 heteroatoms. The molecule has 0 spiro atoms. The molecule has 3 rings (SSSR count). The van der Waals surface area contributed by atoms with E-state index < -0.39 is 10.9 Å². The van der Waals surface area contributed by atoms with Gasteiger partial charge in [0.15, 0.2) is 0 Å². The Bertz CT molecular complexity index is 852. The van der Waals surface area contributed by atoms with Gasteiger partial charge in [0, 0.05) is 37.0 Å². The van der Waals surface area contributed by atoms with Crippen LogP contribution in [0.5, 0.6) is 0 Å². The number of para-hydroxylation sites is 1. The smallest absolute Gasteiger partial charge is 0.330 e. The van der Waals surface area contributed by atoms with Crippen LogP contribution in [0.4, 0.5) is 17.1 Å². The molecule has 1 saturated heterocycles. The van der Waals surface area contributed by atoms with Crippen molar-refractivity contribution in [2.24, 2.45) is 0 Å². The number of nitro benzene ring substituents is 1. The number of nitro groups is 1. The summed E-state index contributed by atoms with van der Waals surface area (Å²) in [6.07, 6.45) is 3.63. The lowest BCUT2D eigenvalue weighted by Crippen LogP contribution is -2.26. The van der Waals surface area contributed by atoms with Gasteiger partial charge in [0.25, 0.3) is 5.69 Å². The molecule has 7 nitrogen and oxygen atoms in total. The average Bonchev–Trinajstić information content (AvgIpc) is 3.16. The minimum atomic E-state index is -0.508. The van der Waals surface area contributed by atoms with Gasteiger partial charge in [-0.2, -0.15) is 0 Å². The topological polar surface area (TPSA) is 84.7 Å². The summed E-state index contributed by atoms with van der Waals surface area (Å²) in [7, 11) is 1.28. The van der Waals surface area contributed by atoms with Gasteiger partial charge in [-0.15, -0.1) is 0 Å². The molecule has 1 fully saturated rings. The van der Waals surface area contributed by atoms with Crippen LogP contribution in [-0.2, 0) is 9.53 Å². The van der Waals surface area contributed by atoms with Crippen LogP contribution < -0.4 is 10.2 Å². The maximum Gasteiger partial charge on any atom is 0.330 e. The van der Waals surface area contributed by atoms with Crippen molar-refractivity contribution in [1.82, 2.24) is 0 Å². The highest BCUT2D eigenvalue weighted by Gasteiger charge is 2.25. The van der Waals surface area contributed by atoms with Crippen LogP contribution in [0.3, 0.4) is 0 Å². The van der Waals surface area contributed by atoms with Crippen LogP contribution >= 0.6 is 0 Å². The molecule has 0 radical (unpaired) electrons. The predicted molar refractivity (Wildman–Crippen MR) is 105 cm³/mol. The molecule has 1 unspecified atom stereocenters.